The van der Waals surface area contributed by atoms with Crippen LogP contribution in [0.2, 0.25) is 0 Å². The molecule has 0 fully saturated rings. The van der Waals surface area contributed by atoms with E-state index in [1.165, 1.54) is 66.0 Å². The van der Waals surface area contributed by atoms with Crippen LogP contribution in [0.15, 0.2) is 97.1 Å². The quantitative estimate of drug-likeness (QED) is 0.280. The Labute approximate surface area is 187 Å². The maximum atomic E-state index is 3.78. The Kier molecular flexibility index (Phi) is 3.40. The third-order valence-electron chi connectivity index (χ3n) is 7.37. The molecule has 0 amide bonds. The number of rotatable bonds is 1. The number of benzene rings is 5. The van der Waals surface area contributed by atoms with Crippen molar-refractivity contribution in [2.45, 2.75) is 19.3 Å². The van der Waals surface area contributed by atoms with Crippen molar-refractivity contribution in [3.63, 3.8) is 0 Å². The van der Waals surface area contributed by atoms with Gasteiger partial charge in [-0.2, -0.15) is 0 Å². The van der Waals surface area contributed by atoms with Gasteiger partial charge in [0.05, 0.1) is 5.52 Å². The second kappa shape index (κ2) is 6.11. The number of fused-ring (bicyclic) bond motifs is 7. The summed E-state index contributed by atoms with van der Waals surface area (Å²) in [6.07, 6.45) is 0. The van der Waals surface area contributed by atoms with E-state index in [1.807, 2.05) is 0 Å². The Hall–Kier alpha value is -3.84. The molecule has 6 aromatic rings. The molecule has 0 bridgehead atoms. The van der Waals surface area contributed by atoms with E-state index in [1.54, 1.807) is 0 Å². The molecular weight excluding hydrogens is 386 g/mol. The minimum absolute atomic E-state index is 0.0363. The van der Waals surface area contributed by atoms with Crippen molar-refractivity contribution < 1.29 is 0 Å². The standard InChI is InChI=1S/C31H23N/c1-31(2)27-16-6-5-11-21(27)22-12-7-13-23(29(22)31)24-14-8-15-25-26-17-19-9-3-4-10-20(19)18-28(26)32-30(24)25/h3-18,32H,1-2H3. The van der Waals surface area contributed by atoms with Crippen molar-refractivity contribution in [2.75, 3.05) is 0 Å². The fourth-order valence-corrected chi connectivity index (χ4v) is 5.91. The third-order valence-corrected chi connectivity index (χ3v) is 7.37. The highest BCUT2D eigenvalue weighted by Gasteiger charge is 2.37. The molecule has 1 heteroatoms. The molecule has 0 atom stereocenters. The molecule has 1 aliphatic rings. The Bertz CT molecular complexity index is 1700. The van der Waals surface area contributed by atoms with Gasteiger partial charge < -0.3 is 4.98 Å². The first-order valence-electron chi connectivity index (χ1n) is 11.3. The van der Waals surface area contributed by atoms with Gasteiger partial charge in [-0.05, 0) is 50.7 Å². The number of hydrogen-bond acceptors (Lipinski definition) is 0. The Morgan fingerprint density at radius 1 is 0.562 bits per heavy atom. The summed E-state index contributed by atoms with van der Waals surface area (Å²) >= 11 is 0. The molecule has 0 aliphatic heterocycles. The zero-order valence-electron chi connectivity index (χ0n) is 18.2. The summed E-state index contributed by atoms with van der Waals surface area (Å²) in [4.78, 5) is 3.78. The highest BCUT2D eigenvalue weighted by molar-refractivity contribution is 6.15. The molecule has 1 aliphatic carbocycles. The monoisotopic (exact) mass is 409 g/mol. The first-order valence-corrected chi connectivity index (χ1v) is 11.3. The van der Waals surface area contributed by atoms with Crippen LogP contribution in [0.25, 0.3) is 54.8 Å². The van der Waals surface area contributed by atoms with Crippen LogP contribution in [-0.4, -0.2) is 4.98 Å². The average Bonchev–Trinajstić information content (AvgIpc) is 3.30. The minimum Gasteiger partial charge on any atom is -0.354 e. The van der Waals surface area contributed by atoms with Crippen LogP contribution in [-0.2, 0) is 5.41 Å². The second-order valence-electron chi connectivity index (χ2n) is 9.50. The summed E-state index contributed by atoms with van der Waals surface area (Å²) < 4.78 is 0. The topological polar surface area (TPSA) is 15.8 Å². The number of para-hydroxylation sites is 1. The van der Waals surface area contributed by atoms with Crippen LogP contribution in [0.1, 0.15) is 25.0 Å². The van der Waals surface area contributed by atoms with E-state index in [-0.39, 0.29) is 5.41 Å². The van der Waals surface area contributed by atoms with Crippen molar-refractivity contribution in [2.24, 2.45) is 0 Å². The molecule has 0 radical (unpaired) electrons. The Morgan fingerprint density at radius 2 is 1.19 bits per heavy atom. The molecule has 5 aromatic carbocycles. The Morgan fingerprint density at radius 3 is 2.03 bits per heavy atom. The van der Waals surface area contributed by atoms with E-state index >= 15 is 0 Å². The van der Waals surface area contributed by atoms with Gasteiger partial charge in [0.25, 0.3) is 0 Å². The smallest absolute Gasteiger partial charge is 0.0544 e. The first-order chi connectivity index (χ1) is 15.6. The zero-order valence-corrected chi connectivity index (χ0v) is 18.2. The van der Waals surface area contributed by atoms with Crippen molar-refractivity contribution in [1.82, 2.24) is 4.98 Å². The molecule has 0 saturated carbocycles. The van der Waals surface area contributed by atoms with Crippen molar-refractivity contribution in [1.29, 1.82) is 0 Å². The third kappa shape index (κ3) is 2.23. The summed E-state index contributed by atoms with van der Waals surface area (Å²) in [6, 6.07) is 35.6. The van der Waals surface area contributed by atoms with Gasteiger partial charge in [0, 0.05) is 27.3 Å². The Balaban J connectivity index is 1.56. The summed E-state index contributed by atoms with van der Waals surface area (Å²) in [6.45, 7) is 4.72. The lowest BCUT2D eigenvalue weighted by molar-refractivity contribution is 0.662. The first kappa shape index (κ1) is 17.8. The van der Waals surface area contributed by atoms with Gasteiger partial charge in [-0.25, -0.2) is 0 Å². The van der Waals surface area contributed by atoms with Gasteiger partial charge in [-0.1, -0.05) is 98.8 Å². The van der Waals surface area contributed by atoms with Gasteiger partial charge in [-0.15, -0.1) is 0 Å². The molecule has 1 N–H and O–H groups in total. The molecular formula is C31H23N. The van der Waals surface area contributed by atoms with Crippen LogP contribution in [0.3, 0.4) is 0 Å². The lowest BCUT2D eigenvalue weighted by Crippen LogP contribution is -2.16. The molecule has 0 unspecified atom stereocenters. The molecule has 32 heavy (non-hydrogen) atoms. The number of aromatic nitrogens is 1. The number of hydrogen-bond donors (Lipinski definition) is 1. The lowest BCUT2D eigenvalue weighted by atomic mass is 9.78. The molecule has 1 heterocycles. The second-order valence-corrected chi connectivity index (χ2v) is 9.50. The highest BCUT2D eigenvalue weighted by atomic mass is 14.7. The van der Waals surface area contributed by atoms with Crippen LogP contribution >= 0.6 is 0 Å². The molecule has 1 nitrogen and oxygen atoms in total. The lowest BCUT2D eigenvalue weighted by Gasteiger charge is -2.24. The highest BCUT2D eigenvalue weighted by Crippen LogP contribution is 2.52. The molecule has 0 spiro atoms. The van der Waals surface area contributed by atoms with Gasteiger partial charge in [-0.3, -0.25) is 0 Å². The summed E-state index contributed by atoms with van der Waals surface area (Å²) in [5.74, 6) is 0. The fourth-order valence-electron chi connectivity index (χ4n) is 5.91. The van der Waals surface area contributed by atoms with E-state index in [4.69, 9.17) is 0 Å². The minimum atomic E-state index is -0.0363. The van der Waals surface area contributed by atoms with Crippen LogP contribution in [0.5, 0.6) is 0 Å². The van der Waals surface area contributed by atoms with Gasteiger partial charge in [0.15, 0.2) is 0 Å². The van der Waals surface area contributed by atoms with Crippen molar-refractivity contribution in [3.05, 3.63) is 108 Å². The molecule has 0 saturated heterocycles. The average molecular weight is 410 g/mol. The van der Waals surface area contributed by atoms with E-state index < -0.39 is 0 Å². The summed E-state index contributed by atoms with van der Waals surface area (Å²) in [5.41, 5.74) is 10.6. The van der Waals surface area contributed by atoms with E-state index in [0.717, 1.165) is 0 Å². The molecule has 152 valence electrons. The predicted molar refractivity (Wildman–Crippen MR) is 136 cm³/mol. The van der Waals surface area contributed by atoms with E-state index in [0.29, 0.717) is 0 Å². The molecule has 1 aromatic heterocycles. The van der Waals surface area contributed by atoms with Gasteiger partial charge >= 0.3 is 0 Å². The van der Waals surface area contributed by atoms with Crippen molar-refractivity contribution >= 4 is 32.6 Å². The largest absolute Gasteiger partial charge is 0.354 e. The normalized spacial score (nSPS) is 14.2. The predicted octanol–water partition coefficient (Wildman–Crippen LogP) is 8.45. The number of nitrogens with one attached hydrogen (secondary N) is 1. The zero-order chi connectivity index (χ0) is 21.4. The van der Waals surface area contributed by atoms with Gasteiger partial charge in [0.1, 0.15) is 0 Å². The number of H-pyrrole nitrogens is 1. The van der Waals surface area contributed by atoms with Crippen LogP contribution < -0.4 is 0 Å². The fraction of sp³-hybridized carbons (Fsp3) is 0.0968. The number of aromatic amines is 1. The van der Waals surface area contributed by atoms with E-state index in [9.17, 15) is 0 Å². The van der Waals surface area contributed by atoms with Crippen molar-refractivity contribution in [3.8, 4) is 22.3 Å². The van der Waals surface area contributed by atoms with Gasteiger partial charge in [0.2, 0.25) is 0 Å². The maximum Gasteiger partial charge on any atom is 0.0544 e. The van der Waals surface area contributed by atoms with Crippen LogP contribution in [0, 0.1) is 0 Å². The van der Waals surface area contributed by atoms with E-state index in [2.05, 4.69) is 116 Å². The summed E-state index contributed by atoms with van der Waals surface area (Å²) in [5, 5.41) is 5.12. The maximum absolute atomic E-state index is 3.78. The SMILES string of the molecule is CC1(C)c2ccccc2-c2cccc(-c3cccc4c3[nH]c3cc5ccccc5cc34)c21. The van der Waals surface area contributed by atoms with Crippen LogP contribution in [0.4, 0.5) is 0 Å². The molecule has 7 rings (SSSR count). The summed E-state index contributed by atoms with van der Waals surface area (Å²) in [7, 11) is 0.